The summed E-state index contributed by atoms with van der Waals surface area (Å²) in [6, 6.07) is 0.360. The number of hydrogen-bond acceptors (Lipinski definition) is 5. The normalized spacial score (nSPS) is 21.7. The maximum Gasteiger partial charge on any atom is 0.236 e. The lowest BCUT2D eigenvalue weighted by atomic mass is 10.0. The van der Waals surface area contributed by atoms with E-state index in [0.29, 0.717) is 32.1 Å². The Morgan fingerprint density at radius 3 is 2.70 bits per heavy atom. The molecule has 2 amide bonds. The van der Waals surface area contributed by atoms with Crippen molar-refractivity contribution in [3.8, 4) is 0 Å². The lowest BCUT2D eigenvalue weighted by Crippen LogP contribution is -2.53. The number of piperazine rings is 1. The molecule has 2 fully saturated rings. The molecule has 4 rings (SSSR count). The molecule has 2 aromatic rings. The van der Waals surface area contributed by atoms with Gasteiger partial charge in [-0.2, -0.15) is 0 Å². The summed E-state index contributed by atoms with van der Waals surface area (Å²) in [4.78, 5) is 36.7. The average Bonchev–Trinajstić information content (AvgIpc) is 3.24. The van der Waals surface area contributed by atoms with Gasteiger partial charge in [-0.25, -0.2) is 4.98 Å². The van der Waals surface area contributed by atoms with E-state index < -0.39 is 0 Å². The van der Waals surface area contributed by atoms with E-state index in [9.17, 15) is 9.59 Å². The van der Waals surface area contributed by atoms with Gasteiger partial charge in [0.25, 0.3) is 0 Å². The third-order valence-corrected chi connectivity index (χ3v) is 6.45. The first-order chi connectivity index (χ1) is 13.1. The van der Waals surface area contributed by atoms with E-state index in [1.807, 2.05) is 32.0 Å². The molecule has 0 aliphatic carbocycles. The van der Waals surface area contributed by atoms with E-state index in [2.05, 4.69) is 16.8 Å². The fraction of sp³-hybridized carbons (Fsp3) is 0.632. The van der Waals surface area contributed by atoms with Gasteiger partial charge >= 0.3 is 0 Å². The van der Waals surface area contributed by atoms with Crippen LogP contribution in [-0.2, 0) is 16.0 Å². The van der Waals surface area contributed by atoms with E-state index >= 15 is 0 Å². The van der Waals surface area contributed by atoms with Gasteiger partial charge in [0.1, 0.15) is 0 Å². The monoisotopic (exact) mass is 389 g/mol. The largest absolute Gasteiger partial charge is 0.340 e. The summed E-state index contributed by atoms with van der Waals surface area (Å²) in [6.07, 6.45) is 7.68. The maximum atomic E-state index is 12.6. The van der Waals surface area contributed by atoms with Crippen molar-refractivity contribution in [2.75, 3.05) is 39.3 Å². The molecule has 7 nitrogen and oxygen atoms in total. The molecule has 2 aliphatic rings. The van der Waals surface area contributed by atoms with Crippen LogP contribution < -0.4 is 0 Å². The molecule has 0 N–H and O–H groups in total. The molecule has 1 atom stereocenters. The first-order valence-electron chi connectivity index (χ1n) is 9.81. The third-order valence-electron chi connectivity index (χ3n) is 5.68. The van der Waals surface area contributed by atoms with Crippen molar-refractivity contribution < 1.29 is 9.59 Å². The molecule has 2 aliphatic heterocycles. The number of amides is 2. The molecule has 8 heteroatoms. The molecule has 0 radical (unpaired) electrons. The first-order valence-corrected chi connectivity index (χ1v) is 10.7. The molecule has 146 valence electrons. The Balaban J connectivity index is 1.25. The predicted molar refractivity (Wildman–Crippen MR) is 105 cm³/mol. The van der Waals surface area contributed by atoms with Crippen LogP contribution in [0.2, 0.25) is 0 Å². The fourth-order valence-electron chi connectivity index (χ4n) is 4.03. The summed E-state index contributed by atoms with van der Waals surface area (Å²) in [5, 5.41) is 1.99. The second-order valence-corrected chi connectivity index (χ2v) is 8.46. The maximum absolute atomic E-state index is 12.6. The van der Waals surface area contributed by atoms with Crippen LogP contribution in [0.1, 0.15) is 31.9 Å². The molecule has 27 heavy (non-hydrogen) atoms. The van der Waals surface area contributed by atoms with Crippen molar-refractivity contribution in [1.29, 1.82) is 0 Å². The molecule has 0 aromatic carbocycles. The van der Waals surface area contributed by atoms with Gasteiger partial charge in [0.15, 0.2) is 4.96 Å². The van der Waals surface area contributed by atoms with Gasteiger partial charge < -0.3 is 9.80 Å². The molecule has 2 aromatic heterocycles. The van der Waals surface area contributed by atoms with E-state index in [1.54, 1.807) is 11.3 Å². The quantitative estimate of drug-likeness (QED) is 0.795. The van der Waals surface area contributed by atoms with Crippen molar-refractivity contribution in [3.63, 3.8) is 0 Å². The molecule has 1 unspecified atom stereocenters. The Morgan fingerprint density at radius 2 is 1.96 bits per heavy atom. The predicted octanol–water partition coefficient (Wildman–Crippen LogP) is 1.48. The number of thiazole rings is 1. The summed E-state index contributed by atoms with van der Waals surface area (Å²) in [5.41, 5.74) is 0.823. The molecule has 0 bridgehead atoms. The van der Waals surface area contributed by atoms with Gasteiger partial charge in [-0.1, -0.05) is 0 Å². The zero-order chi connectivity index (χ0) is 18.8. The zero-order valence-electron chi connectivity index (χ0n) is 15.8. The molecule has 4 heterocycles. The molecule has 2 saturated heterocycles. The SMILES string of the molecule is CC1CCCCN1C(=O)CN1CCN(C(=O)Cc2cn3ccsc3n2)CC1. The third kappa shape index (κ3) is 4.16. The fourth-order valence-corrected chi connectivity index (χ4v) is 4.75. The number of carbonyl (C=O) groups is 2. The summed E-state index contributed by atoms with van der Waals surface area (Å²) in [6.45, 7) is 6.40. The lowest BCUT2D eigenvalue weighted by Gasteiger charge is -2.38. The minimum atomic E-state index is 0.122. The van der Waals surface area contributed by atoms with Crippen LogP contribution in [-0.4, -0.2) is 81.2 Å². The number of likely N-dealkylation sites (tertiary alicyclic amines) is 1. The van der Waals surface area contributed by atoms with E-state index in [0.717, 1.165) is 43.1 Å². The number of aromatic nitrogens is 2. The second-order valence-electron chi connectivity index (χ2n) is 7.59. The number of rotatable bonds is 4. The van der Waals surface area contributed by atoms with Crippen LogP contribution in [0.4, 0.5) is 0 Å². The van der Waals surface area contributed by atoms with Gasteiger partial charge in [-0.15, -0.1) is 11.3 Å². The van der Waals surface area contributed by atoms with Crippen LogP contribution in [0, 0.1) is 0 Å². The number of imidazole rings is 1. The van der Waals surface area contributed by atoms with Crippen molar-refractivity contribution in [1.82, 2.24) is 24.1 Å². The highest BCUT2D eigenvalue weighted by Crippen LogP contribution is 2.17. The Kier molecular flexibility index (Phi) is 5.45. The Morgan fingerprint density at radius 1 is 1.15 bits per heavy atom. The second kappa shape index (κ2) is 7.98. The average molecular weight is 390 g/mol. The highest BCUT2D eigenvalue weighted by Gasteiger charge is 2.27. The molecule has 0 spiro atoms. The summed E-state index contributed by atoms with van der Waals surface area (Å²) >= 11 is 1.57. The Bertz CT molecular complexity index is 779. The lowest BCUT2D eigenvalue weighted by molar-refractivity contribution is -0.137. The Labute approximate surface area is 163 Å². The van der Waals surface area contributed by atoms with Gasteiger partial charge in [0, 0.05) is 56.5 Å². The summed E-state index contributed by atoms with van der Waals surface area (Å²) in [5.74, 6) is 0.358. The van der Waals surface area contributed by atoms with Gasteiger partial charge in [-0.3, -0.25) is 18.9 Å². The Hall–Kier alpha value is -1.93. The zero-order valence-corrected chi connectivity index (χ0v) is 16.7. The highest BCUT2D eigenvalue weighted by atomic mass is 32.1. The summed E-state index contributed by atoms with van der Waals surface area (Å²) in [7, 11) is 0. The van der Waals surface area contributed by atoms with Gasteiger partial charge in [0.05, 0.1) is 18.7 Å². The highest BCUT2D eigenvalue weighted by molar-refractivity contribution is 7.15. The van der Waals surface area contributed by atoms with E-state index in [1.165, 1.54) is 6.42 Å². The van der Waals surface area contributed by atoms with Crippen molar-refractivity contribution in [2.24, 2.45) is 0 Å². The standard InChI is InChI=1S/C19H27N5O2S/c1-15-4-2-3-5-24(15)18(26)14-21-6-8-22(9-7-21)17(25)12-16-13-23-10-11-27-19(23)20-16/h10-11,13,15H,2-9,12,14H2,1H3. The first kappa shape index (κ1) is 18.4. The number of piperidine rings is 1. The van der Waals surface area contributed by atoms with Crippen LogP contribution in [0.5, 0.6) is 0 Å². The summed E-state index contributed by atoms with van der Waals surface area (Å²) < 4.78 is 1.96. The van der Waals surface area contributed by atoms with E-state index in [4.69, 9.17) is 0 Å². The minimum Gasteiger partial charge on any atom is -0.340 e. The van der Waals surface area contributed by atoms with Crippen LogP contribution in [0.3, 0.4) is 0 Å². The number of carbonyl (C=O) groups excluding carboxylic acids is 2. The van der Waals surface area contributed by atoms with Crippen LogP contribution in [0.25, 0.3) is 4.96 Å². The van der Waals surface area contributed by atoms with E-state index in [-0.39, 0.29) is 11.8 Å². The smallest absolute Gasteiger partial charge is 0.236 e. The topological polar surface area (TPSA) is 61.2 Å². The van der Waals surface area contributed by atoms with Crippen LogP contribution >= 0.6 is 11.3 Å². The molecular weight excluding hydrogens is 362 g/mol. The number of hydrogen-bond donors (Lipinski definition) is 0. The van der Waals surface area contributed by atoms with Crippen molar-refractivity contribution in [3.05, 3.63) is 23.5 Å². The molecule has 0 saturated carbocycles. The molecular formula is C19H27N5O2S. The van der Waals surface area contributed by atoms with Crippen LogP contribution in [0.15, 0.2) is 17.8 Å². The van der Waals surface area contributed by atoms with Gasteiger partial charge in [-0.05, 0) is 26.2 Å². The number of nitrogens with zero attached hydrogens (tertiary/aromatic N) is 5. The van der Waals surface area contributed by atoms with Crippen molar-refractivity contribution >= 4 is 28.1 Å². The van der Waals surface area contributed by atoms with Crippen molar-refractivity contribution in [2.45, 2.75) is 38.6 Å². The number of fused-ring (bicyclic) bond motifs is 1. The minimum absolute atomic E-state index is 0.122. The van der Waals surface area contributed by atoms with Gasteiger partial charge in [0.2, 0.25) is 11.8 Å².